The van der Waals surface area contributed by atoms with Crippen LogP contribution in [0.25, 0.3) is 22.4 Å². The summed E-state index contributed by atoms with van der Waals surface area (Å²) in [6.45, 7) is 0. The van der Waals surface area contributed by atoms with Gasteiger partial charge >= 0.3 is 0 Å². The molecule has 0 atom stereocenters. The van der Waals surface area contributed by atoms with Crippen LogP contribution in [0, 0.1) is 11.6 Å². The van der Waals surface area contributed by atoms with Crippen molar-refractivity contribution in [2.75, 3.05) is 0 Å². The molecule has 5 nitrogen and oxygen atoms in total. The maximum absolute atomic E-state index is 14.6. The molecular weight excluding hydrogens is 447 g/mol. The second kappa shape index (κ2) is 7.36. The number of primary sulfonamides is 1. The first kappa shape index (κ1) is 20.6. The number of rotatable bonds is 4. The summed E-state index contributed by atoms with van der Waals surface area (Å²) in [5, 5.41) is 8.54. The summed E-state index contributed by atoms with van der Waals surface area (Å²) in [5.74, 6) is -3.79. The Morgan fingerprint density at radius 1 is 1.04 bits per heavy atom. The number of halogens is 6. The number of alkyl halides is 2. The molecule has 0 aliphatic rings. The summed E-state index contributed by atoms with van der Waals surface area (Å²) in [4.78, 5) is -1.13. The Kier molecular flexibility index (Phi) is 5.41. The van der Waals surface area contributed by atoms with Crippen molar-refractivity contribution in [1.29, 1.82) is 0 Å². The predicted molar refractivity (Wildman–Crippen MR) is 93.6 cm³/mol. The predicted octanol–water partition coefficient (Wildman–Crippen LogP) is 5.18. The third-order valence-electron chi connectivity index (χ3n) is 3.71. The molecule has 0 saturated carbocycles. The van der Waals surface area contributed by atoms with Crippen LogP contribution in [-0.4, -0.2) is 13.6 Å². The van der Waals surface area contributed by atoms with E-state index in [1.807, 2.05) is 0 Å². The Balaban J connectivity index is 2.31. The average molecular weight is 455 g/mol. The molecule has 0 fully saturated rings. The third kappa shape index (κ3) is 3.72. The highest BCUT2D eigenvalue weighted by atomic mass is 35.5. The maximum Gasteiger partial charge on any atom is 0.298 e. The van der Waals surface area contributed by atoms with Gasteiger partial charge in [0.25, 0.3) is 6.43 Å². The molecule has 0 unspecified atom stereocenters. The van der Waals surface area contributed by atoms with Crippen LogP contribution in [0.15, 0.2) is 39.8 Å². The van der Waals surface area contributed by atoms with Gasteiger partial charge < -0.3 is 4.52 Å². The van der Waals surface area contributed by atoms with Crippen LogP contribution in [0.2, 0.25) is 10.0 Å². The van der Waals surface area contributed by atoms with Crippen molar-refractivity contribution >= 4 is 33.2 Å². The van der Waals surface area contributed by atoms with E-state index in [-0.39, 0.29) is 21.3 Å². The fraction of sp³-hybridized carbons (Fsp3) is 0.0625. The van der Waals surface area contributed by atoms with Crippen molar-refractivity contribution in [2.24, 2.45) is 5.14 Å². The van der Waals surface area contributed by atoms with Crippen molar-refractivity contribution in [3.63, 3.8) is 0 Å². The molecular formula is C16H8Cl2F4N2O3S. The van der Waals surface area contributed by atoms with Gasteiger partial charge in [-0.15, -0.1) is 0 Å². The van der Waals surface area contributed by atoms with Gasteiger partial charge in [0.15, 0.2) is 0 Å². The Morgan fingerprint density at radius 3 is 2.29 bits per heavy atom. The number of hydrogen-bond acceptors (Lipinski definition) is 4. The lowest BCUT2D eigenvalue weighted by Crippen LogP contribution is -2.14. The molecule has 0 aliphatic heterocycles. The quantitative estimate of drug-likeness (QED) is 0.550. The second-order valence-electron chi connectivity index (χ2n) is 5.51. The minimum absolute atomic E-state index is 0.0583. The zero-order valence-electron chi connectivity index (χ0n) is 13.4. The van der Waals surface area contributed by atoms with Crippen LogP contribution < -0.4 is 5.14 Å². The monoisotopic (exact) mass is 454 g/mol. The van der Waals surface area contributed by atoms with Crippen LogP contribution in [0.5, 0.6) is 0 Å². The van der Waals surface area contributed by atoms with Gasteiger partial charge in [0, 0.05) is 11.1 Å². The molecule has 2 N–H and O–H groups in total. The first-order chi connectivity index (χ1) is 13.0. The van der Waals surface area contributed by atoms with Crippen LogP contribution in [0.3, 0.4) is 0 Å². The molecule has 0 bridgehead atoms. The van der Waals surface area contributed by atoms with E-state index in [9.17, 15) is 26.0 Å². The van der Waals surface area contributed by atoms with E-state index in [1.54, 1.807) is 0 Å². The van der Waals surface area contributed by atoms with Gasteiger partial charge in [-0.1, -0.05) is 34.4 Å². The van der Waals surface area contributed by atoms with Crippen molar-refractivity contribution in [3.8, 4) is 22.4 Å². The number of benzene rings is 2. The van der Waals surface area contributed by atoms with E-state index in [1.165, 1.54) is 18.2 Å². The van der Waals surface area contributed by atoms with Crippen LogP contribution in [-0.2, 0) is 10.0 Å². The third-order valence-corrected chi connectivity index (χ3v) is 5.37. The van der Waals surface area contributed by atoms with Crippen LogP contribution >= 0.6 is 23.2 Å². The molecule has 0 amide bonds. The average Bonchev–Trinajstić information content (AvgIpc) is 3.03. The van der Waals surface area contributed by atoms with Crippen molar-refractivity contribution in [3.05, 3.63) is 57.8 Å². The normalized spacial score (nSPS) is 12.0. The molecule has 148 valence electrons. The van der Waals surface area contributed by atoms with Gasteiger partial charge in [-0.25, -0.2) is 31.1 Å². The molecule has 1 heterocycles. The van der Waals surface area contributed by atoms with E-state index < -0.39 is 49.9 Å². The number of nitrogens with zero attached hydrogens (tertiary/aromatic N) is 1. The van der Waals surface area contributed by atoms with E-state index in [0.29, 0.717) is 12.1 Å². The smallest absolute Gasteiger partial charge is 0.298 e. The van der Waals surface area contributed by atoms with Gasteiger partial charge in [-0.05, 0) is 24.3 Å². The number of sulfonamides is 1. The molecule has 0 aliphatic carbocycles. The molecule has 0 radical (unpaired) electrons. The van der Waals surface area contributed by atoms with E-state index >= 15 is 0 Å². The fourth-order valence-corrected chi connectivity index (χ4v) is 3.39. The van der Waals surface area contributed by atoms with Gasteiger partial charge in [0.05, 0.1) is 15.6 Å². The highest BCUT2D eigenvalue weighted by molar-refractivity contribution is 7.89. The minimum atomic E-state index is -4.58. The van der Waals surface area contributed by atoms with Crippen molar-refractivity contribution in [2.45, 2.75) is 11.3 Å². The summed E-state index contributed by atoms with van der Waals surface area (Å²) in [5.41, 5.74) is -1.39. The van der Waals surface area contributed by atoms with Crippen molar-refractivity contribution in [1.82, 2.24) is 5.16 Å². The minimum Gasteiger partial charge on any atom is -0.354 e. The van der Waals surface area contributed by atoms with Crippen LogP contribution in [0.1, 0.15) is 12.2 Å². The summed E-state index contributed by atoms with van der Waals surface area (Å²) >= 11 is 11.7. The number of aromatic nitrogens is 1. The molecule has 12 heteroatoms. The topological polar surface area (TPSA) is 86.2 Å². The zero-order chi connectivity index (χ0) is 20.8. The molecule has 28 heavy (non-hydrogen) atoms. The van der Waals surface area contributed by atoms with Gasteiger partial charge in [-0.3, -0.25) is 0 Å². The number of nitrogens with two attached hydrogens (primary N) is 1. The number of hydrogen-bond donors (Lipinski definition) is 1. The molecule has 0 saturated heterocycles. The lowest BCUT2D eigenvalue weighted by molar-refractivity contribution is 0.113. The first-order valence-corrected chi connectivity index (χ1v) is 9.56. The zero-order valence-corrected chi connectivity index (χ0v) is 15.7. The molecule has 3 aromatic rings. The first-order valence-electron chi connectivity index (χ1n) is 7.26. The maximum atomic E-state index is 14.6. The summed E-state index contributed by atoms with van der Waals surface area (Å²) in [6, 6.07) is 4.70. The lowest BCUT2D eigenvalue weighted by Gasteiger charge is -2.09. The fourth-order valence-electron chi connectivity index (χ4n) is 2.49. The largest absolute Gasteiger partial charge is 0.354 e. The van der Waals surface area contributed by atoms with E-state index in [4.69, 9.17) is 28.3 Å². The molecule has 0 spiro atoms. The van der Waals surface area contributed by atoms with Crippen molar-refractivity contribution < 1.29 is 30.5 Å². The Labute approximate surface area is 165 Å². The molecule has 1 aromatic heterocycles. The standard InChI is InChI=1S/C16H8Cl2F4N2O3S/c17-8-2-1-6(3-9(8)18)14-13(15(16(21)22)27-24-14)7-4-11(20)12(5-10(7)19)28(23,25)26/h1-5,16H,(H2,23,25,26). The highest BCUT2D eigenvalue weighted by Gasteiger charge is 2.29. The summed E-state index contributed by atoms with van der Waals surface area (Å²) < 4.78 is 82.8. The molecule has 2 aromatic carbocycles. The Morgan fingerprint density at radius 2 is 1.71 bits per heavy atom. The lowest BCUT2D eigenvalue weighted by atomic mass is 9.98. The highest BCUT2D eigenvalue weighted by Crippen LogP contribution is 2.42. The van der Waals surface area contributed by atoms with Crippen LogP contribution in [0.4, 0.5) is 17.6 Å². The second-order valence-corrected chi connectivity index (χ2v) is 7.85. The Bertz CT molecular complexity index is 1180. The van der Waals surface area contributed by atoms with Gasteiger partial charge in [0.2, 0.25) is 15.8 Å². The summed E-state index contributed by atoms with van der Waals surface area (Å²) in [6.07, 6.45) is -3.22. The summed E-state index contributed by atoms with van der Waals surface area (Å²) in [7, 11) is -4.58. The SMILES string of the molecule is NS(=O)(=O)c1cc(F)c(-c2c(-c3ccc(Cl)c(Cl)c3)noc2C(F)F)cc1F. The van der Waals surface area contributed by atoms with Gasteiger partial charge in [-0.2, -0.15) is 0 Å². The van der Waals surface area contributed by atoms with Gasteiger partial charge in [0.1, 0.15) is 22.2 Å². The Hall–Kier alpha value is -2.14. The van der Waals surface area contributed by atoms with E-state index in [2.05, 4.69) is 9.68 Å². The van der Waals surface area contributed by atoms with E-state index in [0.717, 1.165) is 0 Å². The molecule has 3 rings (SSSR count).